The zero-order valence-corrected chi connectivity index (χ0v) is 12.6. The van der Waals surface area contributed by atoms with E-state index in [4.69, 9.17) is 5.73 Å². The van der Waals surface area contributed by atoms with Crippen LogP contribution in [0.5, 0.6) is 0 Å². The molecule has 1 aliphatic heterocycles. The summed E-state index contributed by atoms with van der Waals surface area (Å²) in [5.74, 6) is 0. The number of halogens is 1. The number of hydrogen-bond acceptors (Lipinski definition) is 3. The van der Waals surface area contributed by atoms with Gasteiger partial charge in [0.25, 0.3) is 0 Å². The number of likely N-dealkylation sites (N-methyl/N-ethyl adjacent to an activating group) is 1. The molecule has 0 spiro atoms. The van der Waals surface area contributed by atoms with Crippen molar-refractivity contribution in [3.8, 4) is 0 Å². The summed E-state index contributed by atoms with van der Waals surface area (Å²) in [6.07, 6.45) is 0.955. The van der Waals surface area contributed by atoms with Crippen LogP contribution in [-0.4, -0.2) is 44.2 Å². The Kier molecular flexibility index (Phi) is 5.03. The lowest BCUT2D eigenvalue weighted by Gasteiger charge is -2.36. The molecule has 1 saturated heterocycles. The van der Waals surface area contributed by atoms with Crippen LogP contribution in [0.1, 0.15) is 12.5 Å². The zero-order valence-electron chi connectivity index (χ0n) is 11.0. The molecule has 0 bridgehead atoms. The van der Waals surface area contributed by atoms with Gasteiger partial charge in [0.1, 0.15) is 0 Å². The molecule has 0 aromatic heterocycles. The second-order valence-corrected chi connectivity index (χ2v) is 5.65. The third-order valence-corrected chi connectivity index (χ3v) is 4.11. The zero-order chi connectivity index (χ0) is 13.0. The lowest BCUT2D eigenvalue weighted by molar-refractivity contribution is 0.271. The molecule has 3 nitrogen and oxygen atoms in total. The van der Waals surface area contributed by atoms with Crippen molar-refractivity contribution in [1.82, 2.24) is 4.90 Å². The first-order valence-electron chi connectivity index (χ1n) is 6.70. The Hall–Kier alpha value is -0.580. The van der Waals surface area contributed by atoms with Gasteiger partial charge in [0.05, 0.1) is 0 Å². The summed E-state index contributed by atoms with van der Waals surface area (Å²) in [4.78, 5) is 4.99. The van der Waals surface area contributed by atoms with E-state index in [1.807, 2.05) is 0 Å². The summed E-state index contributed by atoms with van der Waals surface area (Å²) in [6, 6.07) is 6.53. The molecular weight excluding hydrogens is 290 g/mol. The Morgan fingerprint density at radius 2 is 1.94 bits per heavy atom. The van der Waals surface area contributed by atoms with Gasteiger partial charge in [-0.3, -0.25) is 0 Å². The van der Waals surface area contributed by atoms with Crippen molar-refractivity contribution in [1.29, 1.82) is 0 Å². The Morgan fingerprint density at radius 3 is 2.56 bits per heavy atom. The number of nitrogens with zero attached hydrogens (tertiary/aromatic N) is 2. The van der Waals surface area contributed by atoms with Crippen LogP contribution in [0, 0.1) is 0 Å². The molecule has 0 amide bonds. The van der Waals surface area contributed by atoms with E-state index in [1.165, 1.54) is 11.3 Å². The maximum atomic E-state index is 5.70. The molecule has 0 unspecified atom stereocenters. The van der Waals surface area contributed by atoms with Gasteiger partial charge < -0.3 is 15.5 Å². The first-order chi connectivity index (χ1) is 8.74. The van der Waals surface area contributed by atoms with Crippen LogP contribution < -0.4 is 10.6 Å². The van der Waals surface area contributed by atoms with Crippen LogP contribution >= 0.6 is 15.9 Å². The number of nitrogens with two attached hydrogens (primary N) is 1. The SMILES string of the molecule is CCN1CCN(c2cc(Br)ccc2CCN)CC1. The average molecular weight is 312 g/mol. The molecule has 100 valence electrons. The fourth-order valence-corrected chi connectivity index (χ4v) is 2.85. The first-order valence-corrected chi connectivity index (χ1v) is 7.49. The van der Waals surface area contributed by atoms with Gasteiger partial charge in [-0.2, -0.15) is 0 Å². The minimum Gasteiger partial charge on any atom is -0.369 e. The summed E-state index contributed by atoms with van der Waals surface area (Å²) in [6.45, 7) is 8.64. The van der Waals surface area contributed by atoms with Crippen LogP contribution in [0.25, 0.3) is 0 Å². The van der Waals surface area contributed by atoms with E-state index >= 15 is 0 Å². The fraction of sp³-hybridized carbons (Fsp3) is 0.571. The van der Waals surface area contributed by atoms with Crippen molar-refractivity contribution in [2.24, 2.45) is 5.73 Å². The van der Waals surface area contributed by atoms with Gasteiger partial charge in [-0.15, -0.1) is 0 Å². The van der Waals surface area contributed by atoms with Gasteiger partial charge in [0.15, 0.2) is 0 Å². The summed E-state index contributed by atoms with van der Waals surface area (Å²) in [5.41, 5.74) is 8.42. The highest BCUT2D eigenvalue weighted by Crippen LogP contribution is 2.26. The summed E-state index contributed by atoms with van der Waals surface area (Å²) >= 11 is 3.57. The largest absolute Gasteiger partial charge is 0.369 e. The molecule has 0 saturated carbocycles. The molecular formula is C14H22BrN3. The predicted octanol–water partition coefficient (Wildman–Crippen LogP) is 2.09. The second-order valence-electron chi connectivity index (χ2n) is 4.73. The Balaban J connectivity index is 2.14. The lowest BCUT2D eigenvalue weighted by Crippen LogP contribution is -2.46. The monoisotopic (exact) mass is 311 g/mol. The van der Waals surface area contributed by atoms with Gasteiger partial charge in [-0.05, 0) is 37.2 Å². The molecule has 1 aliphatic rings. The van der Waals surface area contributed by atoms with Crippen molar-refractivity contribution in [2.45, 2.75) is 13.3 Å². The van der Waals surface area contributed by atoms with Gasteiger partial charge in [-0.1, -0.05) is 28.9 Å². The fourth-order valence-electron chi connectivity index (χ4n) is 2.50. The van der Waals surface area contributed by atoms with Crippen molar-refractivity contribution < 1.29 is 0 Å². The van der Waals surface area contributed by atoms with Gasteiger partial charge in [0.2, 0.25) is 0 Å². The molecule has 2 N–H and O–H groups in total. The topological polar surface area (TPSA) is 32.5 Å². The second kappa shape index (κ2) is 6.55. The summed E-state index contributed by atoms with van der Waals surface area (Å²) in [7, 11) is 0. The minimum absolute atomic E-state index is 0.712. The van der Waals surface area contributed by atoms with Crippen molar-refractivity contribution in [3.63, 3.8) is 0 Å². The minimum atomic E-state index is 0.712. The van der Waals surface area contributed by atoms with E-state index < -0.39 is 0 Å². The third-order valence-electron chi connectivity index (χ3n) is 3.62. The highest BCUT2D eigenvalue weighted by molar-refractivity contribution is 9.10. The number of rotatable bonds is 4. The molecule has 1 fully saturated rings. The van der Waals surface area contributed by atoms with E-state index in [1.54, 1.807) is 0 Å². The van der Waals surface area contributed by atoms with Crippen LogP contribution in [0.3, 0.4) is 0 Å². The van der Waals surface area contributed by atoms with Crippen LogP contribution in [0.2, 0.25) is 0 Å². The maximum Gasteiger partial charge on any atom is 0.0411 e. The van der Waals surface area contributed by atoms with Gasteiger partial charge in [0, 0.05) is 36.3 Å². The van der Waals surface area contributed by atoms with Gasteiger partial charge in [-0.25, -0.2) is 0 Å². The number of piperazine rings is 1. The van der Waals surface area contributed by atoms with Gasteiger partial charge >= 0.3 is 0 Å². The molecule has 18 heavy (non-hydrogen) atoms. The Bertz CT molecular complexity index is 387. The van der Waals surface area contributed by atoms with Crippen LogP contribution in [0.4, 0.5) is 5.69 Å². The van der Waals surface area contributed by atoms with Crippen molar-refractivity contribution in [3.05, 3.63) is 28.2 Å². The van der Waals surface area contributed by atoms with E-state index in [0.29, 0.717) is 6.54 Å². The molecule has 1 aromatic rings. The average Bonchev–Trinajstić information content (AvgIpc) is 2.41. The smallest absolute Gasteiger partial charge is 0.0411 e. The summed E-state index contributed by atoms with van der Waals surface area (Å²) in [5, 5.41) is 0. The molecule has 0 atom stereocenters. The molecule has 1 heterocycles. The Morgan fingerprint density at radius 1 is 1.22 bits per heavy atom. The van der Waals surface area contributed by atoms with E-state index in [9.17, 15) is 0 Å². The molecule has 2 rings (SSSR count). The maximum absolute atomic E-state index is 5.70. The number of benzene rings is 1. The highest BCUT2D eigenvalue weighted by atomic mass is 79.9. The summed E-state index contributed by atoms with van der Waals surface area (Å²) < 4.78 is 1.15. The lowest BCUT2D eigenvalue weighted by atomic mass is 10.1. The van der Waals surface area contributed by atoms with Crippen LogP contribution in [0.15, 0.2) is 22.7 Å². The van der Waals surface area contributed by atoms with Crippen molar-refractivity contribution >= 4 is 21.6 Å². The highest BCUT2D eigenvalue weighted by Gasteiger charge is 2.18. The van der Waals surface area contributed by atoms with Crippen molar-refractivity contribution in [2.75, 3.05) is 44.2 Å². The number of hydrogen-bond donors (Lipinski definition) is 1. The van der Waals surface area contributed by atoms with Crippen LogP contribution in [-0.2, 0) is 6.42 Å². The van der Waals surface area contributed by atoms with E-state index in [-0.39, 0.29) is 0 Å². The van der Waals surface area contributed by atoms with E-state index in [0.717, 1.165) is 43.6 Å². The first kappa shape index (κ1) is 13.8. The predicted molar refractivity (Wildman–Crippen MR) is 81.2 cm³/mol. The molecule has 4 heteroatoms. The van der Waals surface area contributed by atoms with E-state index in [2.05, 4.69) is 50.9 Å². The Labute approximate surface area is 118 Å². The number of anilines is 1. The molecule has 1 aromatic carbocycles. The normalized spacial score (nSPS) is 17.2. The molecule has 0 radical (unpaired) electrons. The standard InChI is InChI=1S/C14H22BrN3/c1-2-17-7-9-18(10-8-17)14-11-13(15)4-3-12(14)5-6-16/h3-4,11H,2,5-10,16H2,1H3. The third kappa shape index (κ3) is 3.25. The quantitative estimate of drug-likeness (QED) is 0.924. The molecule has 0 aliphatic carbocycles.